The lowest BCUT2D eigenvalue weighted by atomic mass is 10.1. The molecule has 0 aliphatic heterocycles. The summed E-state index contributed by atoms with van der Waals surface area (Å²) in [6.07, 6.45) is 0.814. The topological polar surface area (TPSA) is 105 Å². The lowest BCUT2D eigenvalue weighted by Crippen LogP contribution is -2.40. The van der Waals surface area contributed by atoms with E-state index in [4.69, 9.17) is 4.52 Å². The Hall–Kier alpha value is -3.34. The van der Waals surface area contributed by atoms with Crippen molar-refractivity contribution in [1.82, 2.24) is 15.5 Å². The summed E-state index contributed by atoms with van der Waals surface area (Å²) < 4.78 is 56.8. The summed E-state index contributed by atoms with van der Waals surface area (Å²) >= 11 is 0. The van der Waals surface area contributed by atoms with Gasteiger partial charge in [0, 0.05) is 11.6 Å². The van der Waals surface area contributed by atoms with Crippen molar-refractivity contribution in [2.24, 2.45) is 0 Å². The van der Waals surface area contributed by atoms with Crippen molar-refractivity contribution in [3.05, 3.63) is 65.6 Å². The average molecular weight is 436 g/mol. The smallest absolute Gasteiger partial charge is 0.246 e. The van der Waals surface area contributed by atoms with E-state index in [1.165, 1.54) is 0 Å². The fourth-order valence-electron chi connectivity index (χ4n) is 2.57. The van der Waals surface area contributed by atoms with Crippen LogP contribution in [0.2, 0.25) is 0 Å². The lowest BCUT2D eigenvalue weighted by molar-refractivity contribution is -0.119. The minimum absolute atomic E-state index is 0.109. The zero-order chi connectivity index (χ0) is 21.9. The summed E-state index contributed by atoms with van der Waals surface area (Å²) in [5, 5.41) is 6.27. The Morgan fingerprint density at radius 3 is 2.50 bits per heavy atom. The zero-order valence-corrected chi connectivity index (χ0v) is 16.9. The maximum Gasteiger partial charge on any atom is 0.246 e. The highest BCUT2D eigenvalue weighted by molar-refractivity contribution is 7.92. The van der Waals surface area contributed by atoms with Crippen molar-refractivity contribution in [1.29, 1.82) is 0 Å². The Labute approximate surface area is 171 Å². The molecule has 0 aliphatic rings. The largest absolute Gasteiger partial charge is 0.345 e. The van der Waals surface area contributed by atoms with E-state index in [9.17, 15) is 22.0 Å². The Kier molecular flexibility index (Phi) is 6.11. The minimum Gasteiger partial charge on any atom is -0.345 e. The van der Waals surface area contributed by atoms with Gasteiger partial charge in [-0.15, -0.1) is 0 Å². The third-order valence-electron chi connectivity index (χ3n) is 4.08. The van der Waals surface area contributed by atoms with E-state index in [1.54, 1.807) is 0 Å². The number of nitrogens with zero attached hydrogens (tertiary/aromatic N) is 3. The second-order valence-corrected chi connectivity index (χ2v) is 8.43. The Morgan fingerprint density at radius 1 is 1.17 bits per heavy atom. The maximum absolute atomic E-state index is 14.0. The predicted molar refractivity (Wildman–Crippen MR) is 105 cm³/mol. The van der Waals surface area contributed by atoms with Gasteiger partial charge >= 0.3 is 0 Å². The molecule has 8 nitrogen and oxygen atoms in total. The van der Waals surface area contributed by atoms with Crippen LogP contribution in [-0.4, -0.2) is 37.3 Å². The van der Waals surface area contributed by atoms with Gasteiger partial charge in [-0.05, 0) is 19.1 Å². The number of carbonyl (C=O) groups excluding carboxylic acids is 1. The first-order chi connectivity index (χ1) is 14.1. The molecule has 0 radical (unpaired) electrons. The number of nitrogens with one attached hydrogen (secondary N) is 1. The number of halogens is 2. The highest BCUT2D eigenvalue weighted by Gasteiger charge is 2.24. The van der Waals surface area contributed by atoms with Gasteiger partial charge in [-0.25, -0.2) is 17.2 Å². The van der Waals surface area contributed by atoms with Crippen molar-refractivity contribution < 1.29 is 26.5 Å². The fraction of sp³-hybridized carbons (Fsp3) is 0.211. The molecule has 0 fully saturated rings. The molecule has 0 aliphatic carbocycles. The molecule has 2 aromatic carbocycles. The van der Waals surface area contributed by atoms with Gasteiger partial charge in [-0.3, -0.25) is 9.10 Å². The summed E-state index contributed by atoms with van der Waals surface area (Å²) in [6.45, 7) is 1.08. The summed E-state index contributed by atoms with van der Waals surface area (Å²) in [4.78, 5) is 16.4. The van der Waals surface area contributed by atoms with Crippen LogP contribution in [0.25, 0.3) is 11.4 Å². The summed E-state index contributed by atoms with van der Waals surface area (Å²) in [5.74, 6) is -2.26. The van der Waals surface area contributed by atoms with Crippen LogP contribution in [0.5, 0.6) is 0 Å². The van der Waals surface area contributed by atoms with Gasteiger partial charge in [0.1, 0.15) is 18.2 Å². The molecule has 30 heavy (non-hydrogen) atoms. The Balaban J connectivity index is 1.67. The van der Waals surface area contributed by atoms with Crippen molar-refractivity contribution in [3.63, 3.8) is 0 Å². The van der Waals surface area contributed by atoms with Gasteiger partial charge in [0.15, 0.2) is 0 Å². The number of anilines is 1. The molecule has 1 N–H and O–H groups in total. The molecule has 158 valence electrons. The van der Waals surface area contributed by atoms with E-state index >= 15 is 0 Å². The fourth-order valence-corrected chi connectivity index (χ4v) is 3.43. The maximum atomic E-state index is 14.0. The summed E-state index contributed by atoms with van der Waals surface area (Å²) in [5.41, 5.74) is 1.37. The number of carbonyl (C=O) groups is 1. The zero-order valence-electron chi connectivity index (χ0n) is 16.1. The lowest BCUT2D eigenvalue weighted by Gasteiger charge is -2.22. The molecular formula is C19H18F2N4O4S. The van der Waals surface area contributed by atoms with Crippen LogP contribution < -0.4 is 9.62 Å². The number of rotatable bonds is 7. The normalized spacial score (nSPS) is 11.3. The van der Waals surface area contributed by atoms with Gasteiger partial charge in [-0.1, -0.05) is 35.0 Å². The SMILES string of the molecule is Cc1ccc(-c2noc(CNC(=O)CN(c3ccc(F)cc3F)S(C)(=O)=O)n2)cc1. The number of sulfonamides is 1. The molecule has 1 amide bonds. The number of amides is 1. The Morgan fingerprint density at radius 2 is 1.87 bits per heavy atom. The molecule has 0 saturated heterocycles. The molecule has 0 spiro atoms. The highest BCUT2D eigenvalue weighted by Crippen LogP contribution is 2.22. The molecule has 0 unspecified atom stereocenters. The van der Waals surface area contributed by atoms with Crippen molar-refractivity contribution in [2.45, 2.75) is 13.5 Å². The first kappa shape index (κ1) is 21.4. The van der Waals surface area contributed by atoms with Gasteiger partial charge < -0.3 is 9.84 Å². The molecule has 3 rings (SSSR count). The monoisotopic (exact) mass is 436 g/mol. The number of hydrogen-bond donors (Lipinski definition) is 1. The van der Waals surface area contributed by atoms with Crippen LogP contribution in [0.3, 0.4) is 0 Å². The van der Waals surface area contributed by atoms with Crippen molar-refractivity contribution in [3.8, 4) is 11.4 Å². The molecule has 0 bridgehead atoms. The van der Waals surface area contributed by atoms with E-state index < -0.39 is 39.8 Å². The minimum atomic E-state index is -4.01. The molecule has 11 heteroatoms. The molecule has 3 aromatic rings. The van der Waals surface area contributed by atoms with Crippen LogP contribution >= 0.6 is 0 Å². The summed E-state index contributed by atoms with van der Waals surface area (Å²) in [6, 6.07) is 9.82. The van der Waals surface area contributed by atoms with Gasteiger partial charge in [0.05, 0.1) is 18.5 Å². The number of aryl methyl sites for hydroxylation is 1. The second-order valence-electron chi connectivity index (χ2n) is 6.52. The quantitative estimate of drug-likeness (QED) is 0.610. The van der Waals surface area contributed by atoms with E-state index in [0.717, 1.165) is 29.5 Å². The van der Waals surface area contributed by atoms with Gasteiger partial charge in [-0.2, -0.15) is 4.98 Å². The predicted octanol–water partition coefficient (Wildman–Crippen LogP) is 2.41. The Bertz CT molecular complexity index is 1160. The first-order valence-corrected chi connectivity index (χ1v) is 10.6. The number of aromatic nitrogens is 2. The van der Waals surface area contributed by atoms with Crippen LogP contribution in [0.1, 0.15) is 11.5 Å². The van der Waals surface area contributed by atoms with Crippen molar-refractivity contribution >= 4 is 21.6 Å². The van der Waals surface area contributed by atoms with Crippen molar-refractivity contribution in [2.75, 3.05) is 17.1 Å². The third kappa shape index (κ3) is 5.17. The van der Waals surface area contributed by atoms with Crippen LogP contribution in [-0.2, 0) is 21.4 Å². The van der Waals surface area contributed by atoms with Gasteiger partial charge in [0.2, 0.25) is 27.6 Å². The molecule has 0 saturated carbocycles. The van der Waals surface area contributed by atoms with Crippen LogP contribution in [0, 0.1) is 18.6 Å². The number of benzene rings is 2. The molecular weight excluding hydrogens is 418 g/mol. The van der Waals surface area contributed by atoms with Gasteiger partial charge in [0.25, 0.3) is 0 Å². The van der Waals surface area contributed by atoms with Crippen LogP contribution in [0.4, 0.5) is 14.5 Å². The van der Waals surface area contributed by atoms with E-state index in [-0.39, 0.29) is 12.4 Å². The first-order valence-electron chi connectivity index (χ1n) is 8.72. The molecule has 1 aromatic heterocycles. The molecule has 0 atom stereocenters. The standard InChI is InChI=1S/C19H18F2N4O4S/c1-12-3-5-13(6-4-12)19-23-18(29-24-19)10-22-17(26)11-25(30(2,27)28)16-8-7-14(20)9-15(16)21/h3-9H,10-11H2,1-2H3,(H,22,26). The summed E-state index contributed by atoms with van der Waals surface area (Å²) in [7, 11) is -4.01. The van der Waals surface area contributed by atoms with E-state index in [2.05, 4.69) is 15.5 Å². The average Bonchev–Trinajstić information content (AvgIpc) is 3.14. The van der Waals surface area contributed by atoms with Crippen LogP contribution in [0.15, 0.2) is 47.0 Å². The number of hydrogen-bond acceptors (Lipinski definition) is 6. The second kappa shape index (κ2) is 8.57. The van der Waals surface area contributed by atoms with E-state index in [1.807, 2.05) is 31.2 Å². The molecule has 1 heterocycles. The third-order valence-corrected chi connectivity index (χ3v) is 5.21. The van der Waals surface area contributed by atoms with E-state index in [0.29, 0.717) is 16.2 Å². The highest BCUT2D eigenvalue weighted by atomic mass is 32.2.